The van der Waals surface area contributed by atoms with Gasteiger partial charge in [0.15, 0.2) is 0 Å². The molecule has 0 saturated carbocycles. The third kappa shape index (κ3) is 34.2. The molecule has 0 spiro atoms. The standard InChI is InChI=1S/C61H99N13O20/c1-9-10-18-38(54(86)71-42(22-26-49(78)79)58(90)72-43(23-27-50(80)81)57(89)70-41(21-25-48(76)77)53(85)66-36(7)52(84)65-35(6)34(4)5)67-56(88)40(20-24-47(63)75)69-55(87)39(19-14-15-28-62)68-61(93)46(32-94-8)74-60(92)45(29-33(2)3)73-59(91)44(30-51(82)83)64-31-37-16-12-11-13-17-37/h11-13,16-17,33-36,38-46,64H,9-10,14-15,18-32,62H2,1-8H3,(H2,63,75)(H,65,84)(H,66,85)(H,67,88)(H,68,93)(H,69,87)(H,70,89)(H,71,86)(H,72,90)(H,73,91)(H,74,92)(H,76,77)(H,78,79)(H,80,81)(H,82,83)/t35-,36+,38+,39+,40+,41+,42+,43+,44+,45+,46+/m1/s1. The number of hydrogen-bond donors (Lipinski definition) is 17. The van der Waals surface area contributed by atoms with Crippen molar-refractivity contribution in [3.05, 3.63) is 35.9 Å². The van der Waals surface area contributed by atoms with E-state index in [-0.39, 0.29) is 63.1 Å². The summed E-state index contributed by atoms with van der Waals surface area (Å²) in [5, 5.41) is 66.0. The first kappa shape index (κ1) is 83.2. The number of carboxylic acid groups (broad SMARTS) is 4. The Kier molecular flexibility index (Phi) is 39.5. The second-order valence-corrected chi connectivity index (χ2v) is 23.6. The van der Waals surface area contributed by atoms with Crippen molar-refractivity contribution in [2.24, 2.45) is 23.3 Å². The fourth-order valence-electron chi connectivity index (χ4n) is 9.00. The summed E-state index contributed by atoms with van der Waals surface area (Å²) in [6.45, 7) is 11.8. The molecule has 0 radical (unpaired) electrons. The maximum Gasteiger partial charge on any atom is 0.305 e. The van der Waals surface area contributed by atoms with E-state index in [0.717, 1.165) is 5.56 Å². The maximum absolute atomic E-state index is 14.3. The molecule has 0 unspecified atom stereocenters. The minimum Gasteiger partial charge on any atom is -0.481 e. The van der Waals surface area contributed by atoms with Gasteiger partial charge < -0.3 is 95.1 Å². The highest BCUT2D eigenvalue weighted by molar-refractivity contribution is 5.99. The van der Waals surface area contributed by atoms with Gasteiger partial charge in [-0.3, -0.25) is 71.9 Å². The summed E-state index contributed by atoms with van der Waals surface area (Å²) in [5.74, 6) is -16.6. The zero-order valence-electron chi connectivity index (χ0n) is 54.8. The molecule has 0 aliphatic carbocycles. The Morgan fingerprint density at radius 3 is 1.19 bits per heavy atom. The molecule has 94 heavy (non-hydrogen) atoms. The monoisotopic (exact) mass is 1330 g/mol. The number of unbranched alkanes of at least 4 members (excludes halogenated alkanes) is 2. The zero-order valence-corrected chi connectivity index (χ0v) is 54.8. The van der Waals surface area contributed by atoms with E-state index in [9.17, 15) is 92.3 Å². The van der Waals surface area contributed by atoms with Crippen LogP contribution in [0.5, 0.6) is 0 Å². The number of hydrogen-bond acceptors (Lipinski definition) is 18. The van der Waals surface area contributed by atoms with Crippen LogP contribution < -0.4 is 70.0 Å². The average Bonchev–Trinajstić information content (AvgIpc) is 1.01. The molecule has 1 aromatic carbocycles. The number of rotatable bonds is 49. The molecule has 1 aromatic rings. The van der Waals surface area contributed by atoms with Crippen molar-refractivity contribution in [1.29, 1.82) is 0 Å². The number of carboxylic acids is 4. The van der Waals surface area contributed by atoms with Crippen molar-refractivity contribution in [2.45, 2.75) is 224 Å². The number of primary amides is 1. The summed E-state index contributed by atoms with van der Waals surface area (Å²) in [4.78, 5) is 199. The smallest absolute Gasteiger partial charge is 0.305 e. The molecule has 528 valence electrons. The fourth-order valence-corrected chi connectivity index (χ4v) is 9.00. The molecule has 0 aliphatic rings. The van der Waals surface area contributed by atoms with Crippen LogP contribution >= 0.6 is 0 Å². The van der Waals surface area contributed by atoms with E-state index in [1.165, 1.54) is 14.0 Å². The van der Waals surface area contributed by atoms with Crippen LogP contribution in [0.2, 0.25) is 0 Å². The molecular formula is C61H99N13O20. The fraction of sp³-hybridized carbons (Fsp3) is 0.656. The largest absolute Gasteiger partial charge is 0.481 e. The van der Waals surface area contributed by atoms with Crippen molar-refractivity contribution in [3.8, 4) is 0 Å². The lowest BCUT2D eigenvalue weighted by Crippen LogP contribution is -2.61. The van der Waals surface area contributed by atoms with Crippen LogP contribution in [-0.4, -0.2) is 196 Å². The van der Waals surface area contributed by atoms with Gasteiger partial charge in [0.2, 0.25) is 65.0 Å². The van der Waals surface area contributed by atoms with E-state index in [4.69, 9.17) is 16.2 Å². The van der Waals surface area contributed by atoms with Crippen LogP contribution in [0.4, 0.5) is 0 Å². The molecule has 11 atom stereocenters. The van der Waals surface area contributed by atoms with Gasteiger partial charge in [0.1, 0.15) is 54.4 Å². The summed E-state index contributed by atoms with van der Waals surface area (Å²) in [7, 11) is 1.22. The van der Waals surface area contributed by atoms with Gasteiger partial charge in [-0.2, -0.15) is 0 Å². The van der Waals surface area contributed by atoms with Gasteiger partial charge in [-0.05, 0) is 95.6 Å². The number of methoxy groups -OCH3 is 1. The normalized spacial score (nSPS) is 14.6. The Labute approximate surface area is 546 Å². The number of nitrogens with one attached hydrogen (secondary N) is 11. The van der Waals surface area contributed by atoms with E-state index in [0.29, 0.717) is 12.8 Å². The molecule has 0 aromatic heterocycles. The van der Waals surface area contributed by atoms with Gasteiger partial charge in [-0.1, -0.05) is 77.8 Å². The molecule has 33 heteroatoms. The zero-order chi connectivity index (χ0) is 71.2. The first-order valence-electron chi connectivity index (χ1n) is 31.4. The molecule has 0 saturated heterocycles. The van der Waals surface area contributed by atoms with E-state index in [1.807, 2.05) is 13.8 Å². The highest BCUT2D eigenvalue weighted by Crippen LogP contribution is 2.13. The minimum atomic E-state index is -1.83. The van der Waals surface area contributed by atoms with E-state index >= 15 is 0 Å². The molecular weight excluding hydrogens is 1230 g/mol. The second-order valence-electron chi connectivity index (χ2n) is 23.6. The van der Waals surface area contributed by atoms with Gasteiger partial charge in [-0.15, -0.1) is 0 Å². The number of carbonyl (C=O) groups is 15. The van der Waals surface area contributed by atoms with Crippen LogP contribution in [0.3, 0.4) is 0 Å². The number of ether oxygens (including phenoxy) is 1. The Hall–Kier alpha value is -8.85. The number of carbonyl (C=O) groups excluding carboxylic acids is 11. The Balaban J connectivity index is 3.61. The second kappa shape index (κ2) is 44.7. The number of nitrogens with two attached hydrogens (primary N) is 2. The maximum atomic E-state index is 14.3. The molecule has 19 N–H and O–H groups in total. The summed E-state index contributed by atoms with van der Waals surface area (Å²) in [5.41, 5.74) is 12.0. The Bertz CT molecular complexity index is 2700. The topological polar surface area (TPSA) is 531 Å². The van der Waals surface area contributed by atoms with Crippen LogP contribution in [0.15, 0.2) is 30.3 Å². The van der Waals surface area contributed by atoms with Gasteiger partial charge >= 0.3 is 23.9 Å². The van der Waals surface area contributed by atoms with E-state index in [2.05, 4.69) is 58.5 Å². The molecule has 0 bridgehead atoms. The van der Waals surface area contributed by atoms with Crippen molar-refractivity contribution in [1.82, 2.24) is 58.5 Å². The number of benzene rings is 1. The molecule has 0 aliphatic heterocycles. The predicted octanol–water partition coefficient (Wildman–Crippen LogP) is -1.97. The number of aliphatic carboxylic acids is 4. The predicted molar refractivity (Wildman–Crippen MR) is 338 cm³/mol. The van der Waals surface area contributed by atoms with Crippen LogP contribution in [0.1, 0.15) is 157 Å². The summed E-state index contributed by atoms with van der Waals surface area (Å²) >= 11 is 0. The highest BCUT2D eigenvalue weighted by atomic mass is 16.5. The third-order valence-electron chi connectivity index (χ3n) is 14.7. The van der Waals surface area contributed by atoms with Crippen LogP contribution in [-0.2, 0) is 83.2 Å². The SMILES string of the molecule is CCCC[C@H](NC(=O)[C@H](CCC(N)=O)NC(=O)[C@H](CCCCN)NC(=O)[C@H](COC)NC(=O)[C@H](CC(C)C)NC(=O)[C@H](CC(=O)O)NCc1ccccc1)C(=O)N[C@@H](CCC(=O)O)C(=O)N[C@@H](CCC(=O)O)C(=O)N[C@@H](CCC(=O)O)C(=O)N[C@@H](C)C(=O)N[C@H](C)C(C)C. The van der Waals surface area contributed by atoms with Crippen LogP contribution in [0.25, 0.3) is 0 Å². The lowest BCUT2D eigenvalue weighted by Gasteiger charge is -2.28. The summed E-state index contributed by atoms with van der Waals surface area (Å²) in [6, 6.07) is -6.88. The summed E-state index contributed by atoms with van der Waals surface area (Å²) < 4.78 is 5.26. The highest BCUT2D eigenvalue weighted by Gasteiger charge is 2.37. The quantitative estimate of drug-likeness (QED) is 0.0315. The first-order chi connectivity index (χ1) is 44.2. The van der Waals surface area contributed by atoms with Crippen LogP contribution in [0, 0.1) is 11.8 Å². The van der Waals surface area contributed by atoms with E-state index < -0.39 is 214 Å². The van der Waals surface area contributed by atoms with Crippen molar-refractivity contribution >= 4 is 88.9 Å². The molecule has 11 amide bonds. The van der Waals surface area contributed by atoms with Gasteiger partial charge in [0.05, 0.1) is 19.1 Å². The van der Waals surface area contributed by atoms with Gasteiger partial charge in [0.25, 0.3) is 0 Å². The lowest BCUT2D eigenvalue weighted by atomic mass is 10.0. The first-order valence-corrected chi connectivity index (χ1v) is 31.4. The molecule has 0 fully saturated rings. The summed E-state index contributed by atoms with van der Waals surface area (Å²) in [6.07, 6.45) is -4.76. The molecule has 1 rings (SSSR count). The number of amides is 11. The van der Waals surface area contributed by atoms with Crippen molar-refractivity contribution < 1.29 is 97.1 Å². The lowest BCUT2D eigenvalue weighted by molar-refractivity contribution is -0.140. The Morgan fingerprint density at radius 1 is 0.436 bits per heavy atom. The van der Waals surface area contributed by atoms with Gasteiger partial charge in [0, 0.05) is 45.4 Å². The van der Waals surface area contributed by atoms with E-state index in [1.54, 1.807) is 58.0 Å². The average molecular weight is 1330 g/mol. The molecule has 0 heterocycles. The van der Waals surface area contributed by atoms with Gasteiger partial charge in [-0.25, -0.2) is 0 Å². The Morgan fingerprint density at radius 2 is 0.809 bits per heavy atom. The van der Waals surface area contributed by atoms with Crippen molar-refractivity contribution in [3.63, 3.8) is 0 Å². The minimum absolute atomic E-state index is 0.00955. The third-order valence-corrected chi connectivity index (χ3v) is 14.7. The van der Waals surface area contributed by atoms with Crippen molar-refractivity contribution in [2.75, 3.05) is 20.3 Å². The molecule has 33 nitrogen and oxygen atoms in total.